The van der Waals surface area contributed by atoms with Crippen LogP contribution in [-0.4, -0.2) is 35.5 Å². The molecular weight excluding hydrogens is 422 g/mol. The summed E-state index contributed by atoms with van der Waals surface area (Å²) in [5.41, 5.74) is 4.97. The fourth-order valence-electron chi connectivity index (χ4n) is 2.99. The monoisotopic (exact) mass is 451 g/mol. The summed E-state index contributed by atoms with van der Waals surface area (Å²) in [4.78, 5) is 40.3. The Morgan fingerprint density at radius 2 is 1.73 bits per heavy atom. The van der Waals surface area contributed by atoms with E-state index in [1.165, 1.54) is 0 Å². The zero-order valence-corrected chi connectivity index (χ0v) is 18.8. The number of rotatable bonds is 13. The van der Waals surface area contributed by atoms with Crippen molar-refractivity contribution < 1.29 is 19.1 Å². The second kappa shape index (κ2) is 13.0. The number of nitrogens with zero attached hydrogens (tertiary/aromatic N) is 1. The van der Waals surface area contributed by atoms with Crippen LogP contribution in [0.4, 0.5) is 4.79 Å². The van der Waals surface area contributed by atoms with Gasteiger partial charge in [0.2, 0.25) is 11.8 Å². The highest BCUT2D eigenvalue weighted by molar-refractivity contribution is 7.10. The number of amides is 3. The van der Waals surface area contributed by atoms with Crippen LogP contribution in [0.15, 0.2) is 35.0 Å². The van der Waals surface area contributed by atoms with E-state index in [4.69, 9.17) is 10.5 Å². The van der Waals surface area contributed by atoms with Crippen molar-refractivity contribution in [2.45, 2.75) is 58.2 Å². The Bertz CT molecular complexity index is 742. The highest BCUT2D eigenvalue weighted by atomic mass is 32.1. The van der Waals surface area contributed by atoms with Gasteiger partial charge in [-0.25, -0.2) is 4.79 Å². The van der Waals surface area contributed by atoms with Crippen LogP contribution in [0.3, 0.4) is 0 Å². The van der Waals surface area contributed by atoms with Gasteiger partial charge in [-0.05, 0) is 48.6 Å². The summed E-state index contributed by atoms with van der Waals surface area (Å²) < 4.78 is 4.75. The average molecular weight is 452 g/mol. The SMILES string of the molecule is CCCC(=O)N[C@@H](CCCCOC(N)=O)C(=O)N(Cc1cccs1)Cc1cccs1. The molecule has 7 nitrogen and oxygen atoms in total. The number of carbonyl (C=O) groups is 3. The summed E-state index contributed by atoms with van der Waals surface area (Å²) in [5.74, 6) is -0.228. The predicted molar refractivity (Wildman–Crippen MR) is 119 cm³/mol. The molecule has 1 atom stereocenters. The number of hydrogen-bond donors (Lipinski definition) is 2. The summed E-state index contributed by atoms with van der Waals surface area (Å²) >= 11 is 3.21. The van der Waals surface area contributed by atoms with Crippen LogP contribution in [0.25, 0.3) is 0 Å². The topological polar surface area (TPSA) is 102 Å². The molecule has 0 aliphatic rings. The van der Waals surface area contributed by atoms with Crippen LogP contribution < -0.4 is 11.1 Å². The molecule has 9 heteroatoms. The van der Waals surface area contributed by atoms with Crippen LogP contribution in [0, 0.1) is 0 Å². The van der Waals surface area contributed by atoms with Gasteiger partial charge >= 0.3 is 6.09 Å². The molecule has 0 aromatic carbocycles. The first-order valence-corrected chi connectivity index (χ1v) is 11.8. The number of nitrogens with two attached hydrogens (primary N) is 1. The van der Waals surface area contributed by atoms with Gasteiger partial charge < -0.3 is 20.7 Å². The molecule has 0 aliphatic heterocycles. The Labute approximate surface area is 185 Å². The minimum Gasteiger partial charge on any atom is -0.450 e. The van der Waals surface area contributed by atoms with E-state index in [9.17, 15) is 14.4 Å². The Kier molecular flexibility index (Phi) is 10.4. The van der Waals surface area contributed by atoms with E-state index in [-0.39, 0.29) is 18.4 Å². The molecular formula is C21H29N3O4S2. The number of primary amides is 1. The van der Waals surface area contributed by atoms with Crippen molar-refractivity contribution in [2.75, 3.05) is 6.61 Å². The van der Waals surface area contributed by atoms with Crippen molar-refractivity contribution in [2.24, 2.45) is 5.73 Å². The summed E-state index contributed by atoms with van der Waals surface area (Å²) in [6.07, 6.45) is 1.96. The smallest absolute Gasteiger partial charge is 0.404 e. The third-order valence-electron chi connectivity index (χ3n) is 4.41. The fraction of sp³-hybridized carbons (Fsp3) is 0.476. The first-order chi connectivity index (χ1) is 14.5. The van der Waals surface area contributed by atoms with Gasteiger partial charge in [0.05, 0.1) is 19.7 Å². The maximum atomic E-state index is 13.4. The number of carbonyl (C=O) groups excluding carboxylic acids is 3. The van der Waals surface area contributed by atoms with Crippen molar-refractivity contribution in [3.8, 4) is 0 Å². The average Bonchev–Trinajstić information content (AvgIpc) is 3.40. The standard InChI is InChI=1S/C21H29N3O4S2/c1-2-7-19(25)23-18(10-3-4-11-28-21(22)27)20(26)24(14-16-8-5-12-29-16)15-17-9-6-13-30-17/h5-6,8-9,12-13,18H,2-4,7,10-11,14-15H2,1H3,(H2,22,27)(H,23,25)/t18-/m0/s1. The van der Waals surface area contributed by atoms with Crippen LogP contribution >= 0.6 is 22.7 Å². The maximum absolute atomic E-state index is 13.4. The van der Waals surface area contributed by atoms with Gasteiger partial charge in [-0.1, -0.05) is 19.1 Å². The van der Waals surface area contributed by atoms with Gasteiger partial charge in [-0.15, -0.1) is 22.7 Å². The Balaban J connectivity index is 2.07. The van der Waals surface area contributed by atoms with Crippen molar-refractivity contribution in [3.05, 3.63) is 44.8 Å². The third kappa shape index (κ3) is 8.54. The van der Waals surface area contributed by atoms with Gasteiger partial charge in [0.1, 0.15) is 6.04 Å². The third-order valence-corrected chi connectivity index (χ3v) is 6.13. The van der Waals surface area contributed by atoms with Gasteiger partial charge in [0, 0.05) is 16.2 Å². The molecule has 0 bridgehead atoms. The second-order valence-electron chi connectivity index (χ2n) is 6.89. The molecule has 0 spiro atoms. The van der Waals surface area contributed by atoms with Crippen LogP contribution in [-0.2, 0) is 27.4 Å². The lowest BCUT2D eigenvalue weighted by Crippen LogP contribution is -2.48. The zero-order chi connectivity index (χ0) is 21.8. The quantitative estimate of drug-likeness (QED) is 0.451. The first kappa shape index (κ1) is 23.9. The van der Waals surface area contributed by atoms with Gasteiger partial charge in [0.15, 0.2) is 0 Å². The highest BCUT2D eigenvalue weighted by Gasteiger charge is 2.26. The van der Waals surface area contributed by atoms with E-state index in [0.717, 1.165) is 9.75 Å². The first-order valence-electron chi connectivity index (χ1n) is 10.0. The van der Waals surface area contributed by atoms with E-state index in [1.807, 2.05) is 41.9 Å². The zero-order valence-electron chi connectivity index (χ0n) is 17.2. The fourth-order valence-corrected chi connectivity index (χ4v) is 4.43. The molecule has 3 amide bonds. The van der Waals surface area contributed by atoms with Crippen molar-refractivity contribution in [1.82, 2.24) is 10.2 Å². The minimum atomic E-state index is -0.808. The van der Waals surface area contributed by atoms with E-state index >= 15 is 0 Å². The number of nitrogens with one attached hydrogen (secondary N) is 1. The molecule has 2 aromatic rings. The van der Waals surface area contributed by atoms with Crippen molar-refractivity contribution >= 4 is 40.6 Å². The Morgan fingerprint density at radius 3 is 2.23 bits per heavy atom. The number of unbranched alkanes of at least 4 members (excludes halogenated alkanes) is 1. The van der Waals surface area contributed by atoms with Crippen molar-refractivity contribution in [3.63, 3.8) is 0 Å². The van der Waals surface area contributed by atoms with Crippen LogP contribution in [0.2, 0.25) is 0 Å². The molecule has 164 valence electrons. The normalized spacial score (nSPS) is 11.6. The molecule has 30 heavy (non-hydrogen) atoms. The Morgan fingerprint density at radius 1 is 1.10 bits per heavy atom. The Hall–Kier alpha value is -2.39. The molecule has 3 N–H and O–H groups in total. The molecule has 0 unspecified atom stereocenters. The number of ether oxygens (including phenoxy) is 1. The maximum Gasteiger partial charge on any atom is 0.404 e. The summed E-state index contributed by atoms with van der Waals surface area (Å²) in [6.45, 7) is 3.13. The lowest BCUT2D eigenvalue weighted by Gasteiger charge is -2.27. The number of hydrogen-bond acceptors (Lipinski definition) is 6. The van der Waals surface area contributed by atoms with Gasteiger partial charge in [0.25, 0.3) is 0 Å². The lowest BCUT2D eigenvalue weighted by molar-refractivity contribution is -0.137. The summed E-state index contributed by atoms with van der Waals surface area (Å²) in [7, 11) is 0. The van der Waals surface area contributed by atoms with Gasteiger partial charge in [-0.3, -0.25) is 9.59 Å². The largest absolute Gasteiger partial charge is 0.450 e. The van der Waals surface area contributed by atoms with E-state index in [1.54, 1.807) is 27.6 Å². The number of thiophene rings is 2. The molecule has 2 rings (SSSR count). The highest BCUT2D eigenvalue weighted by Crippen LogP contribution is 2.19. The van der Waals surface area contributed by atoms with E-state index in [2.05, 4.69) is 5.32 Å². The second-order valence-corrected chi connectivity index (χ2v) is 8.95. The van der Waals surface area contributed by atoms with Crippen LogP contribution in [0.1, 0.15) is 48.8 Å². The minimum absolute atomic E-state index is 0.0999. The van der Waals surface area contributed by atoms with Crippen LogP contribution in [0.5, 0.6) is 0 Å². The molecule has 0 radical (unpaired) electrons. The lowest BCUT2D eigenvalue weighted by atomic mass is 10.1. The summed E-state index contributed by atoms with van der Waals surface area (Å²) in [6, 6.07) is 7.33. The molecule has 0 fully saturated rings. The molecule has 0 saturated carbocycles. The van der Waals surface area contributed by atoms with E-state index < -0.39 is 12.1 Å². The molecule has 2 heterocycles. The molecule has 0 aliphatic carbocycles. The molecule has 0 saturated heterocycles. The summed E-state index contributed by atoms with van der Waals surface area (Å²) in [5, 5.41) is 6.88. The van der Waals surface area contributed by atoms with Gasteiger partial charge in [-0.2, -0.15) is 0 Å². The predicted octanol–water partition coefficient (Wildman–Crippen LogP) is 3.89. The van der Waals surface area contributed by atoms with Crippen molar-refractivity contribution in [1.29, 1.82) is 0 Å². The molecule has 2 aromatic heterocycles. The van der Waals surface area contributed by atoms with E-state index in [0.29, 0.717) is 45.2 Å².